The maximum Gasteiger partial charge on any atom is 0.482 e. The van der Waals surface area contributed by atoms with Gasteiger partial charge in [-0.3, -0.25) is 4.79 Å². The van der Waals surface area contributed by atoms with Crippen LogP contribution in [-0.4, -0.2) is 57.7 Å². The Kier molecular flexibility index (Phi) is 9.73. The maximum atomic E-state index is 13.0. The molecule has 5 N–H and O–H groups in total. The van der Waals surface area contributed by atoms with Gasteiger partial charge in [0.2, 0.25) is 0 Å². The summed E-state index contributed by atoms with van der Waals surface area (Å²) < 4.78 is 3.05. The number of fused-ring (bicyclic) bond motifs is 2. The normalized spacial score (nSPS) is 11.2. The number of amides is 1. The first-order chi connectivity index (χ1) is 19.4. The average molecular weight is 555 g/mol. The van der Waals surface area contributed by atoms with Crippen molar-refractivity contribution in [3.63, 3.8) is 0 Å². The number of likely N-dealkylation sites (N-methyl/N-ethyl adjacent to an activating group) is 1. The summed E-state index contributed by atoms with van der Waals surface area (Å²) in [6.45, 7) is 7.30. The molecule has 0 aliphatic carbocycles. The number of aryl methyl sites for hydroxylation is 1. The molecule has 1 amide bonds. The van der Waals surface area contributed by atoms with Gasteiger partial charge in [-0.15, -0.1) is 11.3 Å². The minimum absolute atomic E-state index is 0. The van der Waals surface area contributed by atoms with Gasteiger partial charge in [-0.1, -0.05) is 56.3 Å². The first kappa shape index (κ1) is 29.0. The minimum atomic E-state index is -0.137. The zero-order valence-electron chi connectivity index (χ0n) is 22.8. The van der Waals surface area contributed by atoms with Crippen molar-refractivity contribution in [2.24, 2.45) is 7.05 Å². The fourth-order valence-electron chi connectivity index (χ4n) is 4.66. The average Bonchev–Trinajstić information content (AvgIpc) is 3.56. The first-order valence-corrected chi connectivity index (χ1v) is 13.9. The van der Waals surface area contributed by atoms with Crippen LogP contribution in [-0.2, 0) is 7.05 Å². The van der Waals surface area contributed by atoms with Crippen molar-refractivity contribution in [2.45, 2.75) is 13.8 Å². The number of nitrogens with two attached hydrogens (primary N) is 1. The molecular weight excluding hydrogens is 521 g/mol. The lowest BCUT2D eigenvalue weighted by Gasteiger charge is -2.14. The molecule has 0 bridgehead atoms. The molecule has 0 unspecified atom stereocenters. The van der Waals surface area contributed by atoms with Crippen molar-refractivity contribution in [1.82, 2.24) is 14.5 Å². The van der Waals surface area contributed by atoms with Crippen molar-refractivity contribution in [2.75, 3.05) is 30.7 Å². The second kappa shape index (κ2) is 13.4. The highest BCUT2D eigenvalue weighted by molar-refractivity contribution is 7.18. The lowest BCUT2D eigenvalue weighted by Crippen LogP contribution is -2.22. The molecule has 8 nitrogen and oxygen atoms in total. The second-order valence-corrected chi connectivity index (χ2v) is 10.0. The topological polar surface area (TPSA) is 117 Å². The number of thiophene rings is 1. The summed E-state index contributed by atoms with van der Waals surface area (Å²) in [6, 6.07) is 17.8. The van der Waals surface area contributed by atoms with Crippen LogP contribution in [0.5, 0.6) is 0 Å². The largest absolute Gasteiger partial charge is 0.482 e. The molecule has 0 saturated carbocycles. The predicted octanol–water partition coefficient (Wildman–Crippen LogP) is 5.15. The van der Waals surface area contributed by atoms with E-state index in [2.05, 4.69) is 46.6 Å². The number of anilines is 2. The van der Waals surface area contributed by atoms with Crippen molar-refractivity contribution < 1.29 is 14.8 Å². The van der Waals surface area contributed by atoms with Crippen LogP contribution in [0.15, 0.2) is 72.3 Å². The summed E-state index contributed by atoms with van der Waals surface area (Å²) in [5.41, 5.74) is 11.9. The molecule has 0 aliphatic rings. The summed E-state index contributed by atoms with van der Waals surface area (Å²) >= 11 is 1.68. The van der Waals surface area contributed by atoms with Gasteiger partial charge in [-0.2, -0.15) is 0 Å². The number of hydrogen-bond donors (Lipinski definition) is 4. The molecule has 1 radical (unpaired) electrons. The Morgan fingerprint density at radius 1 is 1.15 bits per heavy atom. The maximum absolute atomic E-state index is 13.0. The highest BCUT2D eigenvalue weighted by atomic mass is 32.1. The molecule has 0 saturated heterocycles. The highest BCUT2D eigenvalue weighted by Crippen LogP contribution is 2.39. The van der Waals surface area contributed by atoms with Crippen LogP contribution in [0.4, 0.5) is 11.5 Å². The number of carbonyl (C=O) groups is 1. The smallest absolute Gasteiger partial charge is 0.429 e. The number of hydrogen-bond acceptors (Lipinski definition) is 7. The van der Waals surface area contributed by atoms with Crippen LogP contribution in [0.1, 0.15) is 29.9 Å². The van der Waals surface area contributed by atoms with Gasteiger partial charge in [0.1, 0.15) is 11.5 Å². The molecule has 5 aromatic rings. The van der Waals surface area contributed by atoms with E-state index in [4.69, 9.17) is 15.8 Å². The van der Waals surface area contributed by atoms with Gasteiger partial charge in [0, 0.05) is 57.6 Å². The third kappa shape index (κ3) is 6.26. The first-order valence-electron chi connectivity index (χ1n) is 13.0. The number of nitrogens with one attached hydrogen (secondary N) is 1. The highest BCUT2D eigenvalue weighted by Gasteiger charge is 2.15. The Balaban J connectivity index is 0.00000118. The molecule has 0 fully saturated rings. The van der Waals surface area contributed by atoms with E-state index in [1.807, 2.05) is 72.4 Å². The lowest BCUT2D eigenvalue weighted by atomic mass is 10.0. The number of benzene rings is 2. The van der Waals surface area contributed by atoms with Gasteiger partial charge in [0.05, 0.1) is 0 Å². The number of carbonyl (C=O) groups excluding carboxylic acids is 1. The van der Waals surface area contributed by atoms with Crippen LogP contribution in [0.25, 0.3) is 38.2 Å². The van der Waals surface area contributed by atoms with Gasteiger partial charge < -0.3 is 30.6 Å². The number of nitrogen functional groups attached to an aromatic ring is 1. The summed E-state index contributed by atoms with van der Waals surface area (Å²) in [5, 5.41) is 21.2. The van der Waals surface area contributed by atoms with Gasteiger partial charge in [0.15, 0.2) is 0 Å². The van der Waals surface area contributed by atoms with E-state index in [-0.39, 0.29) is 13.6 Å². The molecule has 3 heterocycles. The monoisotopic (exact) mass is 554 g/mol. The summed E-state index contributed by atoms with van der Waals surface area (Å²) in [7, 11) is 1.91. The predicted molar refractivity (Wildman–Crippen MR) is 167 cm³/mol. The van der Waals surface area contributed by atoms with Gasteiger partial charge in [-0.05, 0) is 48.3 Å². The third-order valence-corrected chi connectivity index (χ3v) is 7.87. The molecule has 5 rings (SSSR count). The van der Waals surface area contributed by atoms with E-state index in [0.29, 0.717) is 11.5 Å². The van der Waals surface area contributed by atoms with E-state index in [1.165, 1.54) is 0 Å². The van der Waals surface area contributed by atoms with E-state index in [1.54, 1.807) is 11.3 Å². The molecule has 0 atom stereocenters. The second-order valence-electron chi connectivity index (χ2n) is 9.13. The molecule has 0 spiro atoms. The summed E-state index contributed by atoms with van der Waals surface area (Å²) in [5.74, 6) is 0.391. The third-order valence-electron chi connectivity index (χ3n) is 6.85. The quantitative estimate of drug-likeness (QED) is 0.197. The van der Waals surface area contributed by atoms with Crippen molar-refractivity contribution in [3.05, 3.63) is 83.5 Å². The van der Waals surface area contributed by atoms with Crippen LogP contribution in [0.2, 0.25) is 0 Å². The van der Waals surface area contributed by atoms with Gasteiger partial charge in [0.25, 0.3) is 5.91 Å². The molecule has 3 aromatic heterocycles. The SMILES string of the molecule is CCN(CC)C/C=C/c1cnc(N)c2c(-c3ccc(NC(=O)c4cc5ccccc5n4C)cc3)csc12.O[B]O. The zero-order chi connectivity index (χ0) is 28.6. The van der Waals surface area contributed by atoms with E-state index >= 15 is 0 Å². The number of para-hydroxylation sites is 1. The number of pyridine rings is 1. The molecule has 205 valence electrons. The van der Waals surface area contributed by atoms with Crippen LogP contribution in [0, 0.1) is 0 Å². The summed E-state index contributed by atoms with van der Waals surface area (Å²) in [6.07, 6.45) is 6.17. The Bertz CT molecular complexity index is 1620. The number of nitrogens with zero attached hydrogens (tertiary/aromatic N) is 3. The zero-order valence-corrected chi connectivity index (χ0v) is 23.7. The van der Waals surface area contributed by atoms with Crippen molar-refractivity contribution in [1.29, 1.82) is 0 Å². The Hall–Kier alpha value is -3.96. The standard InChI is InChI=1S/C30H31N5OS.BH2O2/c1-4-35(5-2)16-8-10-22-18-32-29(31)27-24(19-37-28(22)27)20-12-14-23(15-13-20)33-30(36)26-17-21-9-6-7-11-25(21)34(26)3;2-1-3/h6-15,17-19H,4-5,16H2,1-3H3,(H2,31,32)(H,33,36);2-3H/b10-8+;. The summed E-state index contributed by atoms with van der Waals surface area (Å²) in [4.78, 5) is 19.8. The van der Waals surface area contributed by atoms with Gasteiger partial charge in [-0.25, -0.2) is 4.98 Å². The van der Waals surface area contributed by atoms with Gasteiger partial charge >= 0.3 is 7.69 Å². The van der Waals surface area contributed by atoms with Crippen LogP contribution < -0.4 is 11.1 Å². The minimum Gasteiger partial charge on any atom is -0.429 e. The van der Waals surface area contributed by atoms with Crippen molar-refractivity contribution >= 4 is 63.5 Å². The van der Waals surface area contributed by atoms with E-state index in [0.717, 1.165) is 63.0 Å². The lowest BCUT2D eigenvalue weighted by molar-refractivity contribution is 0.101. The Morgan fingerprint density at radius 3 is 2.52 bits per heavy atom. The fourth-order valence-corrected chi connectivity index (χ4v) is 5.74. The molecule has 2 aromatic carbocycles. The fraction of sp³-hybridized carbons (Fsp3) is 0.200. The van der Waals surface area contributed by atoms with E-state index < -0.39 is 0 Å². The van der Waals surface area contributed by atoms with Crippen molar-refractivity contribution in [3.8, 4) is 11.1 Å². The number of aromatic nitrogens is 2. The van der Waals surface area contributed by atoms with Crippen LogP contribution >= 0.6 is 11.3 Å². The Morgan fingerprint density at radius 2 is 1.85 bits per heavy atom. The molecular formula is C30H33BN5O3S. The Labute approximate surface area is 238 Å². The molecule has 10 heteroatoms. The number of rotatable bonds is 8. The van der Waals surface area contributed by atoms with Crippen LogP contribution in [0.3, 0.4) is 0 Å². The molecule has 40 heavy (non-hydrogen) atoms. The van der Waals surface area contributed by atoms with E-state index in [9.17, 15) is 4.79 Å². The molecule has 0 aliphatic heterocycles.